The van der Waals surface area contributed by atoms with Crippen molar-refractivity contribution in [3.63, 3.8) is 0 Å². The third-order valence-electron chi connectivity index (χ3n) is 7.14. The summed E-state index contributed by atoms with van der Waals surface area (Å²) in [6.45, 7) is 0.705. The lowest BCUT2D eigenvalue weighted by Crippen LogP contribution is -2.67. The van der Waals surface area contributed by atoms with Gasteiger partial charge in [-0.05, 0) is 48.5 Å². The Kier molecular flexibility index (Phi) is 10.7. The molecule has 1 amide bonds. The first-order chi connectivity index (χ1) is 22.8. The summed E-state index contributed by atoms with van der Waals surface area (Å²) in [5.41, 5.74) is 0.768. The van der Waals surface area contributed by atoms with Gasteiger partial charge in [0.15, 0.2) is 12.2 Å². The number of amides is 1. The van der Waals surface area contributed by atoms with Gasteiger partial charge < -0.3 is 29.0 Å². The molecule has 0 aromatic heterocycles. The predicted octanol–water partition coefficient (Wildman–Crippen LogP) is 4.38. The molecule has 0 radical (unpaired) electrons. The molecule has 4 aromatic carbocycles. The number of benzene rings is 4. The maximum atomic E-state index is 13.4. The SMILES string of the molecule is CC(=O)NC1C(OC(=O)c2ccccc2)OC(COC(=O)c2ccccc2)C(OC(=O)c2ccccc2)C1OC(=O)c1ccccc1. The lowest BCUT2D eigenvalue weighted by molar-refractivity contribution is -0.252. The van der Waals surface area contributed by atoms with E-state index in [0.717, 1.165) is 0 Å². The van der Waals surface area contributed by atoms with Crippen molar-refractivity contribution in [3.8, 4) is 0 Å². The standard InChI is InChI=1S/C36H31NO10/c1-23(38)37-29-31(46-34(41)26-18-10-4-11-19-26)30(45-33(40)25-16-8-3-9-17-25)28(22-43-32(39)24-14-6-2-7-15-24)44-36(29)47-35(42)27-20-12-5-13-21-27/h2-21,28-31,36H,22H2,1H3,(H,37,38). The maximum absolute atomic E-state index is 13.4. The Bertz CT molecular complexity index is 1680. The molecule has 4 aromatic rings. The zero-order chi connectivity index (χ0) is 33.2. The minimum Gasteiger partial charge on any atom is -0.459 e. The van der Waals surface area contributed by atoms with Gasteiger partial charge in [-0.2, -0.15) is 0 Å². The van der Waals surface area contributed by atoms with E-state index in [4.69, 9.17) is 23.7 Å². The van der Waals surface area contributed by atoms with Crippen LogP contribution in [0.4, 0.5) is 0 Å². The largest absolute Gasteiger partial charge is 0.459 e. The van der Waals surface area contributed by atoms with Gasteiger partial charge in [-0.25, -0.2) is 19.2 Å². The highest BCUT2D eigenvalue weighted by Gasteiger charge is 2.53. The van der Waals surface area contributed by atoms with Crippen LogP contribution < -0.4 is 5.32 Å². The lowest BCUT2D eigenvalue weighted by atomic mass is 9.95. The zero-order valence-electron chi connectivity index (χ0n) is 25.2. The van der Waals surface area contributed by atoms with Crippen LogP contribution in [0.1, 0.15) is 48.4 Å². The Labute approximate surface area is 270 Å². The molecule has 47 heavy (non-hydrogen) atoms. The van der Waals surface area contributed by atoms with Gasteiger partial charge in [0, 0.05) is 6.92 Å². The van der Waals surface area contributed by atoms with E-state index >= 15 is 0 Å². The van der Waals surface area contributed by atoms with E-state index in [0.29, 0.717) is 0 Å². The minimum atomic E-state index is -1.58. The highest BCUT2D eigenvalue weighted by atomic mass is 16.7. The van der Waals surface area contributed by atoms with Crippen LogP contribution in [-0.2, 0) is 28.5 Å². The fraction of sp³-hybridized carbons (Fsp3) is 0.194. The van der Waals surface area contributed by atoms with Gasteiger partial charge in [-0.1, -0.05) is 72.8 Å². The van der Waals surface area contributed by atoms with Gasteiger partial charge in [-0.3, -0.25) is 4.79 Å². The van der Waals surface area contributed by atoms with E-state index in [1.807, 2.05) is 0 Å². The van der Waals surface area contributed by atoms with Crippen LogP contribution in [-0.4, -0.2) is 67.0 Å². The molecule has 0 saturated carbocycles. The molecule has 0 bridgehead atoms. The molecule has 1 saturated heterocycles. The first kappa shape index (κ1) is 32.6. The summed E-state index contributed by atoms with van der Waals surface area (Å²) in [5.74, 6) is -3.72. The summed E-state index contributed by atoms with van der Waals surface area (Å²) in [5, 5.41) is 2.63. The van der Waals surface area contributed by atoms with E-state index in [9.17, 15) is 24.0 Å². The second kappa shape index (κ2) is 15.5. The monoisotopic (exact) mass is 637 g/mol. The first-order valence-electron chi connectivity index (χ1n) is 14.7. The highest BCUT2D eigenvalue weighted by molar-refractivity contribution is 5.91. The van der Waals surface area contributed by atoms with Crippen molar-refractivity contribution in [2.75, 3.05) is 6.61 Å². The average molecular weight is 638 g/mol. The molecule has 0 spiro atoms. The fourth-order valence-corrected chi connectivity index (χ4v) is 4.90. The Morgan fingerprint density at radius 1 is 0.553 bits per heavy atom. The summed E-state index contributed by atoms with van der Waals surface area (Å²) in [6, 6.07) is 30.9. The molecule has 1 fully saturated rings. The van der Waals surface area contributed by atoms with E-state index in [1.165, 1.54) is 43.3 Å². The molecule has 0 aliphatic carbocycles. The number of nitrogens with one attached hydrogen (secondary N) is 1. The maximum Gasteiger partial charge on any atom is 0.340 e. The number of esters is 4. The van der Waals surface area contributed by atoms with Crippen LogP contribution in [0.15, 0.2) is 121 Å². The van der Waals surface area contributed by atoms with Crippen LogP contribution in [0, 0.1) is 0 Å². The number of carbonyl (C=O) groups is 5. The Hall–Kier alpha value is -5.81. The Balaban J connectivity index is 1.53. The van der Waals surface area contributed by atoms with Crippen molar-refractivity contribution in [2.24, 2.45) is 0 Å². The lowest BCUT2D eigenvalue weighted by Gasteiger charge is -2.44. The summed E-state index contributed by atoms with van der Waals surface area (Å²) < 4.78 is 29.3. The molecule has 11 heteroatoms. The van der Waals surface area contributed by atoms with Crippen molar-refractivity contribution in [1.82, 2.24) is 5.32 Å². The van der Waals surface area contributed by atoms with E-state index in [-0.39, 0.29) is 22.3 Å². The predicted molar refractivity (Wildman–Crippen MR) is 166 cm³/mol. The van der Waals surface area contributed by atoms with E-state index in [2.05, 4.69) is 5.32 Å². The van der Waals surface area contributed by atoms with Crippen molar-refractivity contribution >= 4 is 29.8 Å². The second-order valence-electron chi connectivity index (χ2n) is 10.5. The quantitative estimate of drug-likeness (QED) is 0.197. The summed E-state index contributed by atoms with van der Waals surface area (Å²) in [7, 11) is 0. The molecule has 5 unspecified atom stereocenters. The normalized spacial score (nSPS) is 20.2. The Morgan fingerprint density at radius 2 is 0.936 bits per heavy atom. The highest BCUT2D eigenvalue weighted by Crippen LogP contribution is 2.30. The number of ether oxygens (including phenoxy) is 5. The molecular formula is C36H31NO10. The van der Waals surface area contributed by atoms with Crippen molar-refractivity contribution in [1.29, 1.82) is 0 Å². The molecule has 1 aliphatic rings. The van der Waals surface area contributed by atoms with Gasteiger partial charge >= 0.3 is 23.9 Å². The molecule has 5 atom stereocenters. The third kappa shape index (κ3) is 8.47. The van der Waals surface area contributed by atoms with E-state index < -0.39 is 67.0 Å². The van der Waals surface area contributed by atoms with Gasteiger partial charge in [0.05, 0.1) is 22.3 Å². The molecule has 1 aliphatic heterocycles. The first-order valence-corrected chi connectivity index (χ1v) is 14.7. The van der Waals surface area contributed by atoms with Gasteiger partial charge in [0.2, 0.25) is 12.2 Å². The van der Waals surface area contributed by atoms with Crippen LogP contribution in [0.5, 0.6) is 0 Å². The van der Waals surface area contributed by atoms with Gasteiger partial charge in [0.25, 0.3) is 0 Å². The number of rotatable bonds is 10. The molecule has 5 rings (SSSR count). The molecule has 1 N–H and O–H groups in total. The van der Waals surface area contributed by atoms with Crippen molar-refractivity contribution < 1.29 is 47.7 Å². The van der Waals surface area contributed by atoms with Crippen LogP contribution >= 0.6 is 0 Å². The molecule has 1 heterocycles. The summed E-state index contributed by atoms with van der Waals surface area (Å²) in [6.07, 6.45) is -5.85. The van der Waals surface area contributed by atoms with Crippen molar-refractivity contribution in [3.05, 3.63) is 144 Å². The summed E-state index contributed by atoms with van der Waals surface area (Å²) in [4.78, 5) is 65.5. The molecular weight excluding hydrogens is 606 g/mol. The number of hydrogen-bond donors (Lipinski definition) is 1. The van der Waals surface area contributed by atoms with Crippen LogP contribution in [0.2, 0.25) is 0 Å². The third-order valence-corrected chi connectivity index (χ3v) is 7.14. The minimum absolute atomic E-state index is 0.165. The average Bonchev–Trinajstić information content (AvgIpc) is 3.11. The van der Waals surface area contributed by atoms with Gasteiger partial charge in [-0.15, -0.1) is 0 Å². The summed E-state index contributed by atoms with van der Waals surface area (Å²) >= 11 is 0. The molecule has 11 nitrogen and oxygen atoms in total. The van der Waals surface area contributed by atoms with Crippen LogP contribution in [0.25, 0.3) is 0 Å². The van der Waals surface area contributed by atoms with Crippen LogP contribution in [0.3, 0.4) is 0 Å². The van der Waals surface area contributed by atoms with Crippen molar-refractivity contribution in [2.45, 2.75) is 37.6 Å². The fourth-order valence-electron chi connectivity index (χ4n) is 4.90. The second-order valence-corrected chi connectivity index (χ2v) is 10.5. The Morgan fingerprint density at radius 3 is 1.36 bits per heavy atom. The topological polar surface area (TPSA) is 144 Å². The number of hydrogen-bond acceptors (Lipinski definition) is 10. The zero-order valence-corrected chi connectivity index (χ0v) is 25.2. The molecule has 240 valence electrons. The van der Waals surface area contributed by atoms with E-state index in [1.54, 1.807) is 84.9 Å². The smallest absolute Gasteiger partial charge is 0.340 e. The number of carbonyl (C=O) groups excluding carboxylic acids is 5. The van der Waals surface area contributed by atoms with Gasteiger partial charge in [0.1, 0.15) is 18.8 Å².